The van der Waals surface area contributed by atoms with Crippen molar-refractivity contribution in [2.24, 2.45) is 0 Å². The van der Waals surface area contributed by atoms with Gasteiger partial charge in [-0.1, -0.05) is 69.0 Å². The molecule has 0 atom stereocenters. The zero-order valence-electron chi connectivity index (χ0n) is 14.1. The van der Waals surface area contributed by atoms with Crippen LogP contribution in [0.15, 0.2) is 48.5 Å². The van der Waals surface area contributed by atoms with Crippen LogP contribution in [0.4, 0.5) is 0 Å². The monoisotopic (exact) mass is 324 g/mol. The van der Waals surface area contributed by atoms with Gasteiger partial charge in [0, 0.05) is 11.1 Å². The van der Waals surface area contributed by atoms with Crippen LogP contribution in [0.5, 0.6) is 0 Å². The van der Waals surface area contributed by atoms with Crippen LogP contribution in [0.2, 0.25) is 0 Å². The van der Waals surface area contributed by atoms with E-state index in [1.807, 2.05) is 24.3 Å². The lowest BCUT2D eigenvalue weighted by atomic mass is 9.99. The highest BCUT2D eigenvalue weighted by Crippen LogP contribution is 2.14. The molecule has 0 spiro atoms. The number of benzene rings is 2. The number of ketones is 1. The summed E-state index contributed by atoms with van der Waals surface area (Å²) in [4.78, 5) is 23.3. The van der Waals surface area contributed by atoms with Crippen molar-refractivity contribution in [2.45, 2.75) is 45.4 Å². The van der Waals surface area contributed by atoms with E-state index in [1.165, 1.54) is 49.8 Å². The van der Waals surface area contributed by atoms with E-state index in [-0.39, 0.29) is 11.3 Å². The Hall–Kier alpha value is -2.42. The number of carbonyl (C=O) groups excluding carboxylic acids is 1. The summed E-state index contributed by atoms with van der Waals surface area (Å²) >= 11 is 0. The normalized spacial score (nSPS) is 10.5. The van der Waals surface area contributed by atoms with Crippen molar-refractivity contribution in [3.63, 3.8) is 0 Å². The Bertz CT molecular complexity index is 669. The van der Waals surface area contributed by atoms with Gasteiger partial charge in [-0.3, -0.25) is 4.79 Å². The van der Waals surface area contributed by atoms with Crippen LogP contribution >= 0.6 is 0 Å². The molecule has 0 aliphatic rings. The topological polar surface area (TPSA) is 54.4 Å². The first-order chi connectivity index (χ1) is 11.6. The van der Waals surface area contributed by atoms with E-state index in [2.05, 4.69) is 6.92 Å². The summed E-state index contributed by atoms with van der Waals surface area (Å²) in [6.07, 6.45) is 7.33. The molecule has 0 bridgehead atoms. The fourth-order valence-corrected chi connectivity index (χ4v) is 2.69. The molecule has 0 unspecified atom stereocenters. The third-order valence-electron chi connectivity index (χ3n) is 4.18. The van der Waals surface area contributed by atoms with Crippen LogP contribution in [-0.4, -0.2) is 16.9 Å². The van der Waals surface area contributed by atoms with E-state index in [9.17, 15) is 9.59 Å². The standard InChI is InChI=1S/C21H24O3/c1-2-3-4-5-6-7-16-8-10-17(11-9-16)20(22)18-12-14-19(15-13-18)21(23)24/h8-15H,2-7H2,1H3,(H,23,24). The Morgan fingerprint density at radius 1 is 0.750 bits per heavy atom. The minimum Gasteiger partial charge on any atom is -0.478 e. The first kappa shape index (κ1) is 17.9. The Morgan fingerprint density at radius 3 is 1.79 bits per heavy atom. The molecule has 0 saturated carbocycles. The molecule has 2 rings (SSSR count). The number of aromatic carboxylic acids is 1. The Kier molecular flexibility index (Phi) is 6.74. The fourth-order valence-electron chi connectivity index (χ4n) is 2.69. The van der Waals surface area contributed by atoms with Crippen molar-refractivity contribution in [1.29, 1.82) is 0 Å². The molecular formula is C21H24O3. The lowest BCUT2D eigenvalue weighted by molar-refractivity contribution is 0.0696. The second kappa shape index (κ2) is 9.02. The predicted octanol–water partition coefficient (Wildman–Crippen LogP) is 5.13. The molecule has 126 valence electrons. The van der Waals surface area contributed by atoms with E-state index < -0.39 is 5.97 Å². The van der Waals surface area contributed by atoms with Crippen LogP contribution < -0.4 is 0 Å². The summed E-state index contributed by atoms with van der Waals surface area (Å²) in [5.74, 6) is -1.07. The third-order valence-corrected chi connectivity index (χ3v) is 4.18. The van der Waals surface area contributed by atoms with Crippen molar-refractivity contribution in [3.8, 4) is 0 Å². The molecule has 0 heterocycles. The summed E-state index contributed by atoms with van der Waals surface area (Å²) in [6, 6.07) is 13.8. The number of carbonyl (C=O) groups is 2. The summed E-state index contributed by atoms with van der Waals surface area (Å²) < 4.78 is 0. The number of aryl methyl sites for hydroxylation is 1. The van der Waals surface area contributed by atoms with E-state index in [4.69, 9.17) is 5.11 Å². The molecule has 0 aromatic heterocycles. The number of hydrogen-bond donors (Lipinski definition) is 1. The summed E-state index contributed by atoms with van der Waals surface area (Å²) in [6.45, 7) is 2.21. The lowest BCUT2D eigenvalue weighted by Gasteiger charge is -2.05. The molecule has 2 aromatic rings. The second-order valence-corrected chi connectivity index (χ2v) is 6.07. The van der Waals surface area contributed by atoms with Gasteiger partial charge >= 0.3 is 5.97 Å². The summed E-state index contributed by atoms with van der Waals surface area (Å²) in [7, 11) is 0. The number of unbranched alkanes of at least 4 members (excludes halogenated alkanes) is 4. The highest BCUT2D eigenvalue weighted by molar-refractivity contribution is 6.09. The van der Waals surface area contributed by atoms with Crippen molar-refractivity contribution < 1.29 is 14.7 Å². The molecule has 0 amide bonds. The van der Waals surface area contributed by atoms with E-state index in [0.29, 0.717) is 11.1 Å². The minimum atomic E-state index is -0.989. The number of hydrogen-bond acceptors (Lipinski definition) is 2. The number of rotatable bonds is 9. The lowest BCUT2D eigenvalue weighted by Crippen LogP contribution is -2.03. The predicted molar refractivity (Wildman–Crippen MR) is 95.7 cm³/mol. The van der Waals surface area contributed by atoms with Gasteiger partial charge in [0.1, 0.15) is 0 Å². The SMILES string of the molecule is CCCCCCCc1ccc(C(=O)c2ccc(C(=O)O)cc2)cc1. The van der Waals surface area contributed by atoms with E-state index in [1.54, 1.807) is 12.1 Å². The van der Waals surface area contributed by atoms with E-state index >= 15 is 0 Å². The average Bonchev–Trinajstić information content (AvgIpc) is 2.61. The molecule has 3 nitrogen and oxygen atoms in total. The number of carboxylic acids is 1. The Balaban J connectivity index is 1.94. The summed E-state index contributed by atoms with van der Waals surface area (Å²) in [5.41, 5.74) is 2.58. The molecule has 0 aliphatic heterocycles. The van der Waals surface area contributed by atoms with Crippen LogP contribution in [0.1, 0.15) is 70.9 Å². The summed E-state index contributed by atoms with van der Waals surface area (Å²) in [5, 5.41) is 8.90. The Labute approximate surface area is 143 Å². The average molecular weight is 324 g/mol. The van der Waals surface area contributed by atoms with Gasteiger partial charge in [-0.25, -0.2) is 4.79 Å². The molecule has 0 radical (unpaired) electrons. The van der Waals surface area contributed by atoms with Gasteiger partial charge in [0.05, 0.1) is 5.56 Å². The molecular weight excluding hydrogens is 300 g/mol. The molecule has 3 heteroatoms. The molecule has 1 N–H and O–H groups in total. The van der Waals surface area contributed by atoms with Gasteiger partial charge < -0.3 is 5.11 Å². The van der Waals surface area contributed by atoms with Crippen LogP contribution in [0, 0.1) is 0 Å². The van der Waals surface area contributed by atoms with Crippen molar-refractivity contribution >= 4 is 11.8 Å². The second-order valence-electron chi connectivity index (χ2n) is 6.07. The minimum absolute atomic E-state index is 0.0820. The zero-order chi connectivity index (χ0) is 17.4. The van der Waals surface area contributed by atoms with Crippen LogP contribution in [-0.2, 0) is 6.42 Å². The van der Waals surface area contributed by atoms with Gasteiger partial charge in [0.15, 0.2) is 5.78 Å². The van der Waals surface area contributed by atoms with Crippen LogP contribution in [0.25, 0.3) is 0 Å². The Morgan fingerprint density at radius 2 is 1.25 bits per heavy atom. The van der Waals surface area contributed by atoms with Crippen molar-refractivity contribution in [3.05, 3.63) is 70.8 Å². The molecule has 24 heavy (non-hydrogen) atoms. The molecule has 0 fully saturated rings. The smallest absolute Gasteiger partial charge is 0.335 e. The van der Waals surface area contributed by atoms with Crippen molar-refractivity contribution in [1.82, 2.24) is 0 Å². The van der Waals surface area contributed by atoms with Gasteiger partial charge in [0.2, 0.25) is 0 Å². The van der Waals surface area contributed by atoms with Gasteiger partial charge in [0.25, 0.3) is 0 Å². The highest BCUT2D eigenvalue weighted by atomic mass is 16.4. The van der Waals surface area contributed by atoms with E-state index in [0.717, 1.165) is 6.42 Å². The zero-order valence-corrected chi connectivity index (χ0v) is 14.1. The maximum absolute atomic E-state index is 12.4. The highest BCUT2D eigenvalue weighted by Gasteiger charge is 2.10. The fraction of sp³-hybridized carbons (Fsp3) is 0.333. The maximum atomic E-state index is 12.4. The molecule has 0 saturated heterocycles. The first-order valence-electron chi connectivity index (χ1n) is 8.59. The first-order valence-corrected chi connectivity index (χ1v) is 8.59. The van der Waals surface area contributed by atoms with Gasteiger partial charge in [-0.05, 0) is 30.5 Å². The molecule has 2 aromatic carbocycles. The van der Waals surface area contributed by atoms with Gasteiger partial charge in [-0.2, -0.15) is 0 Å². The van der Waals surface area contributed by atoms with Gasteiger partial charge in [-0.15, -0.1) is 0 Å². The van der Waals surface area contributed by atoms with Crippen molar-refractivity contribution in [2.75, 3.05) is 0 Å². The molecule has 0 aliphatic carbocycles. The third kappa shape index (κ3) is 5.05. The quantitative estimate of drug-likeness (QED) is 0.514. The maximum Gasteiger partial charge on any atom is 0.335 e. The largest absolute Gasteiger partial charge is 0.478 e. The van der Waals surface area contributed by atoms with Crippen LogP contribution in [0.3, 0.4) is 0 Å². The number of carboxylic acid groups (broad SMARTS) is 1.